The van der Waals surface area contributed by atoms with Crippen LogP contribution in [0.1, 0.15) is 5.56 Å². The van der Waals surface area contributed by atoms with Crippen LogP contribution in [0.15, 0.2) is 18.5 Å². The van der Waals surface area contributed by atoms with Crippen LogP contribution in [0, 0.1) is 0 Å². The summed E-state index contributed by atoms with van der Waals surface area (Å²) in [6.45, 7) is 0. The molecular formula is C9H7N3O. The second-order valence-corrected chi connectivity index (χ2v) is 3.11. The molecule has 4 nitrogen and oxygen atoms in total. The Bertz CT molecular complexity index is 501. The van der Waals surface area contributed by atoms with E-state index in [2.05, 4.69) is 15.3 Å². The molecule has 1 aliphatic heterocycles. The van der Waals surface area contributed by atoms with E-state index in [4.69, 9.17) is 0 Å². The molecule has 1 aliphatic rings. The van der Waals surface area contributed by atoms with E-state index in [1.165, 1.54) is 0 Å². The van der Waals surface area contributed by atoms with E-state index >= 15 is 0 Å². The largest absolute Gasteiger partial charge is 0.344 e. The lowest BCUT2D eigenvalue weighted by Crippen LogP contribution is -2.03. The number of carbonyl (C=O) groups excluding carboxylic acids is 1. The van der Waals surface area contributed by atoms with Gasteiger partial charge in [-0.15, -0.1) is 0 Å². The van der Waals surface area contributed by atoms with Crippen molar-refractivity contribution in [2.24, 2.45) is 0 Å². The molecule has 64 valence electrons. The third-order valence-corrected chi connectivity index (χ3v) is 2.31. The van der Waals surface area contributed by atoms with Crippen LogP contribution in [0.2, 0.25) is 0 Å². The zero-order valence-corrected chi connectivity index (χ0v) is 6.79. The molecule has 1 aromatic carbocycles. The van der Waals surface area contributed by atoms with Crippen LogP contribution in [0.4, 0.5) is 5.69 Å². The normalized spacial score (nSPS) is 14.6. The molecule has 0 unspecified atom stereocenters. The third-order valence-electron chi connectivity index (χ3n) is 2.31. The molecule has 2 aromatic rings. The average molecular weight is 173 g/mol. The Hall–Kier alpha value is -1.84. The first-order valence-electron chi connectivity index (χ1n) is 4.09. The molecule has 1 amide bonds. The van der Waals surface area contributed by atoms with Crippen molar-refractivity contribution in [1.29, 1.82) is 0 Å². The minimum Gasteiger partial charge on any atom is -0.344 e. The summed E-state index contributed by atoms with van der Waals surface area (Å²) in [7, 11) is 0. The van der Waals surface area contributed by atoms with Gasteiger partial charge in [0, 0.05) is 11.3 Å². The first-order chi connectivity index (χ1) is 6.34. The van der Waals surface area contributed by atoms with E-state index < -0.39 is 0 Å². The molecule has 2 heterocycles. The van der Waals surface area contributed by atoms with Crippen molar-refractivity contribution in [3.63, 3.8) is 0 Å². The number of nitrogens with zero attached hydrogens (tertiary/aromatic N) is 1. The van der Waals surface area contributed by atoms with Gasteiger partial charge in [-0.1, -0.05) is 0 Å². The Morgan fingerprint density at radius 2 is 2.31 bits per heavy atom. The van der Waals surface area contributed by atoms with Gasteiger partial charge in [0.2, 0.25) is 5.91 Å². The quantitative estimate of drug-likeness (QED) is 0.625. The molecule has 0 atom stereocenters. The van der Waals surface area contributed by atoms with Crippen LogP contribution in [0.3, 0.4) is 0 Å². The second kappa shape index (κ2) is 2.10. The van der Waals surface area contributed by atoms with Gasteiger partial charge in [-0.2, -0.15) is 0 Å². The van der Waals surface area contributed by atoms with Gasteiger partial charge in [0.1, 0.15) is 0 Å². The Morgan fingerprint density at radius 1 is 1.38 bits per heavy atom. The van der Waals surface area contributed by atoms with Crippen LogP contribution in [-0.4, -0.2) is 15.9 Å². The molecular weight excluding hydrogens is 166 g/mol. The first-order valence-corrected chi connectivity index (χ1v) is 4.09. The molecule has 4 heteroatoms. The summed E-state index contributed by atoms with van der Waals surface area (Å²) in [5.41, 5.74) is 3.81. The minimum atomic E-state index is 0.0529. The van der Waals surface area contributed by atoms with Gasteiger partial charge in [0.15, 0.2) is 0 Å². The monoisotopic (exact) mass is 173 g/mol. The van der Waals surface area contributed by atoms with Crippen LogP contribution in [-0.2, 0) is 11.2 Å². The summed E-state index contributed by atoms with van der Waals surface area (Å²) in [5.74, 6) is 0.0529. The summed E-state index contributed by atoms with van der Waals surface area (Å²) in [5, 5.41) is 2.79. The van der Waals surface area contributed by atoms with E-state index in [0.717, 1.165) is 22.3 Å². The smallest absolute Gasteiger partial charge is 0.228 e. The van der Waals surface area contributed by atoms with Crippen LogP contribution in [0.5, 0.6) is 0 Å². The molecule has 1 aromatic heterocycles. The minimum absolute atomic E-state index is 0.0529. The number of fused-ring (bicyclic) bond motifs is 3. The maximum atomic E-state index is 11.1. The zero-order chi connectivity index (χ0) is 8.84. The van der Waals surface area contributed by atoms with E-state index in [1.807, 2.05) is 12.1 Å². The highest BCUT2D eigenvalue weighted by Gasteiger charge is 2.20. The summed E-state index contributed by atoms with van der Waals surface area (Å²) < 4.78 is 0. The van der Waals surface area contributed by atoms with Gasteiger partial charge in [-0.05, 0) is 12.1 Å². The van der Waals surface area contributed by atoms with Crippen LogP contribution < -0.4 is 5.32 Å². The Balaban J connectivity index is 2.40. The molecule has 0 fully saturated rings. The second-order valence-electron chi connectivity index (χ2n) is 3.11. The highest BCUT2D eigenvalue weighted by Crippen LogP contribution is 2.28. The van der Waals surface area contributed by atoms with Crippen molar-refractivity contribution in [1.82, 2.24) is 9.97 Å². The lowest BCUT2D eigenvalue weighted by atomic mass is 10.1. The van der Waals surface area contributed by atoms with Crippen molar-refractivity contribution in [3.8, 4) is 0 Å². The fraction of sp³-hybridized carbons (Fsp3) is 0.111. The number of aromatic amines is 1. The number of aromatic nitrogens is 2. The molecule has 0 saturated carbocycles. The number of amides is 1. The van der Waals surface area contributed by atoms with Crippen LogP contribution in [0.25, 0.3) is 11.0 Å². The highest BCUT2D eigenvalue weighted by molar-refractivity contribution is 6.04. The molecule has 0 aliphatic carbocycles. The van der Waals surface area contributed by atoms with Crippen molar-refractivity contribution >= 4 is 22.6 Å². The maximum absolute atomic E-state index is 11.1. The number of imidazole rings is 1. The van der Waals surface area contributed by atoms with Crippen molar-refractivity contribution in [2.45, 2.75) is 6.42 Å². The fourth-order valence-electron chi connectivity index (χ4n) is 1.73. The standard InChI is InChI=1S/C9H7N3O/c13-8-3-5-6(12-8)1-2-7-9(5)11-4-10-7/h1-2,4H,3H2,(H,10,11)(H,12,13). The van der Waals surface area contributed by atoms with Gasteiger partial charge in [0.25, 0.3) is 0 Å². The Morgan fingerprint density at radius 3 is 3.23 bits per heavy atom. The predicted molar refractivity (Wildman–Crippen MR) is 48.4 cm³/mol. The zero-order valence-electron chi connectivity index (χ0n) is 6.79. The number of hydrogen-bond acceptors (Lipinski definition) is 2. The summed E-state index contributed by atoms with van der Waals surface area (Å²) in [6.07, 6.45) is 2.10. The summed E-state index contributed by atoms with van der Waals surface area (Å²) >= 11 is 0. The van der Waals surface area contributed by atoms with Gasteiger partial charge >= 0.3 is 0 Å². The number of carbonyl (C=O) groups is 1. The topological polar surface area (TPSA) is 57.8 Å². The number of nitrogens with one attached hydrogen (secondary N) is 2. The van der Waals surface area contributed by atoms with Gasteiger partial charge < -0.3 is 10.3 Å². The Labute approximate surface area is 74.0 Å². The average Bonchev–Trinajstić information content (AvgIpc) is 2.65. The Kier molecular flexibility index (Phi) is 1.07. The van der Waals surface area contributed by atoms with Gasteiger partial charge in [-0.25, -0.2) is 4.98 Å². The van der Waals surface area contributed by atoms with Crippen molar-refractivity contribution in [3.05, 3.63) is 24.0 Å². The van der Waals surface area contributed by atoms with E-state index in [9.17, 15) is 4.79 Å². The lowest BCUT2D eigenvalue weighted by molar-refractivity contribution is -0.115. The first kappa shape index (κ1) is 6.65. The van der Waals surface area contributed by atoms with Crippen molar-refractivity contribution < 1.29 is 4.79 Å². The number of benzene rings is 1. The summed E-state index contributed by atoms with van der Waals surface area (Å²) in [6, 6.07) is 3.79. The molecule has 0 radical (unpaired) electrons. The molecule has 2 N–H and O–H groups in total. The van der Waals surface area contributed by atoms with E-state index in [0.29, 0.717) is 6.42 Å². The third kappa shape index (κ3) is 0.796. The lowest BCUT2D eigenvalue weighted by Gasteiger charge is -1.97. The molecule has 0 spiro atoms. The molecule has 0 bridgehead atoms. The number of rotatable bonds is 0. The van der Waals surface area contributed by atoms with Crippen molar-refractivity contribution in [2.75, 3.05) is 5.32 Å². The van der Waals surface area contributed by atoms with Crippen LogP contribution >= 0.6 is 0 Å². The fourth-order valence-corrected chi connectivity index (χ4v) is 1.73. The maximum Gasteiger partial charge on any atom is 0.228 e. The van der Waals surface area contributed by atoms with E-state index in [-0.39, 0.29) is 5.91 Å². The SMILES string of the molecule is O=C1Cc2c(ccc3nc[nH]c23)N1. The molecule has 3 rings (SSSR count). The molecule has 0 saturated heterocycles. The highest BCUT2D eigenvalue weighted by atomic mass is 16.1. The number of anilines is 1. The summed E-state index contributed by atoms with van der Waals surface area (Å²) in [4.78, 5) is 18.3. The predicted octanol–water partition coefficient (Wildman–Crippen LogP) is 1.06. The van der Waals surface area contributed by atoms with Gasteiger partial charge in [-0.3, -0.25) is 4.79 Å². The van der Waals surface area contributed by atoms with E-state index in [1.54, 1.807) is 6.33 Å². The number of hydrogen-bond donors (Lipinski definition) is 2. The van der Waals surface area contributed by atoms with Gasteiger partial charge in [0.05, 0.1) is 23.8 Å². The number of H-pyrrole nitrogens is 1. The molecule has 13 heavy (non-hydrogen) atoms.